The minimum atomic E-state index is -0.875. The Kier molecular flexibility index (Phi) is 4.13. The van der Waals surface area contributed by atoms with Crippen molar-refractivity contribution in [1.82, 2.24) is 0 Å². The van der Waals surface area contributed by atoms with Crippen LogP contribution in [0, 0.1) is 25.5 Å². The number of ketones is 1. The van der Waals surface area contributed by atoms with Gasteiger partial charge in [0.15, 0.2) is 6.61 Å². The fourth-order valence-electron chi connectivity index (χ4n) is 1.84. The molecule has 0 N–H and O–H groups in total. The van der Waals surface area contributed by atoms with Gasteiger partial charge in [-0.1, -0.05) is 18.2 Å². The summed E-state index contributed by atoms with van der Waals surface area (Å²) in [5.41, 5.74) is 1.28. The minimum Gasteiger partial charge on any atom is -0.485 e. The number of carbonyl (C=O) groups excluding carboxylic acids is 1. The third-order valence-electron chi connectivity index (χ3n) is 2.94. The van der Waals surface area contributed by atoms with Gasteiger partial charge in [0.05, 0.1) is 5.56 Å². The molecule has 0 aliphatic carbocycles. The summed E-state index contributed by atoms with van der Waals surface area (Å²) in [6.07, 6.45) is 0. The molecule has 0 fully saturated rings. The number of halogens is 2. The summed E-state index contributed by atoms with van der Waals surface area (Å²) in [5, 5.41) is 0. The van der Waals surface area contributed by atoms with Crippen LogP contribution < -0.4 is 4.74 Å². The second-order valence-electron chi connectivity index (χ2n) is 4.58. The Labute approximate surface area is 116 Å². The Morgan fingerprint density at radius 1 is 1.10 bits per heavy atom. The highest BCUT2D eigenvalue weighted by Gasteiger charge is 2.17. The van der Waals surface area contributed by atoms with E-state index in [2.05, 4.69) is 0 Å². The van der Waals surface area contributed by atoms with Crippen molar-refractivity contribution in [3.8, 4) is 5.75 Å². The lowest BCUT2D eigenvalue weighted by Crippen LogP contribution is -2.15. The lowest BCUT2D eigenvalue weighted by molar-refractivity contribution is 0.0912. The van der Waals surface area contributed by atoms with Crippen molar-refractivity contribution in [2.24, 2.45) is 0 Å². The zero-order valence-electron chi connectivity index (χ0n) is 11.2. The number of benzene rings is 2. The molecule has 20 heavy (non-hydrogen) atoms. The van der Waals surface area contributed by atoms with Crippen LogP contribution in [-0.4, -0.2) is 12.4 Å². The summed E-state index contributed by atoms with van der Waals surface area (Å²) in [5.74, 6) is -1.93. The van der Waals surface area contributed by atoms with Gasteiger partial charge in [0.2, 0.25) is 5.78 Å². The molecule has 2 nitrogen and oxygen atoms in total. The molecule has 0 saturated carbocycles. The molecule has 2 aromatic rings. The van der Waals surface area contributed by atoms with Crippen molar-refractivity contribution in [3.63, 3.8) is 0 Å². The van der Waals surface area contributed by atoms with Crippen molar-refractivity contribution < 1.29 is 18.3 Å². The van der Waals surface area contributed by atoms with E-state index in [1.54, 1.807) is 6.07 Å². The molecule has 2 rings (SSSR count). The van der Waals surface area contributed by atoms with E-state index in [1.165, 1.54) is 6.07 Å². The Bertz CT molecular complexity index is 631. The van der Waals surface area contributed by atoms with Gasteiger partial charge in [-0.2, -0.15) is 0 Å². The van der Waals surface area contributed by atoms with E-state index in [-0.39, 0.29) is 0 Å². The molecule has 0 aliphatic rings. The van der Waals surface area contributed by atoms with E-state index >= 15 is 0 Å². The Hall–Kier alpha value is -2.23. The maximum atomic E-state index is 13.5. The van der Waals surface area contributed by atoms with Crippen molar-refractivity contribution in [3.05, 3.63) is 64.7 Å². The average molecular weight is 276 g/mol. The molecule has 2 aromatic carbocycles. The molecule has 0 amide bonds. The summed E-state index contributed by atoms with van der Waals surface area (Å²) >= 11 is 0. The molecule has 0 spiro atoms. The first-order chi connectivity index (χ1) is 9.49. The molecule has 0 aliphatic heterocycles. The van der Waals surface area contributed by atoms with Crippen molar-refractivity contribution in [2.45, 2.75) is 13.8 Å². The third kappa shape index (κ3) is 3.02. The van der Waals surface area contributed by atoms with Crippen LogP contribution in [0.15, 0.2) is 36.4 Å². The lowest BCUT2D eigenvalue weighted by Gasteiger charge is -2.10. The first kappa shape index (κ1) is 14.2. The maximum absolute atomic E-state index is 13.5. The summed E-state index contributed by atoms with van der Waals surface area (Å²) in [7, 11) is 0. The van der Waals surface area contributed by atoms with E-state index in [9.17, 15) is 13.6 Å². The van der Waals surface area contributed by atoms with Gasteiger partial charge in [-0.05, 0) is 43.2 Å². The number of ether oxygens (including phenoxy) is 1. The largest absolute Gasteiger partial charge is 0.485 e. The molecular formula is C16H14F2O2. The molecule has 0 saturated heterocycles. The molecule has 0 unspecified atom stereocenters. The highest BCUT2D eigenvalue weighted by Crippen LogP contribution is 2.20. The van der Waals surface area contributed by atoms with Crippen LogP contribution in [-0.2, 0) is 0 Å². The summed E-state index contributed by atoms with van der Waals surface area (Å²) in [6.45, 7) is 3.33. The number of hydrogen-bond donors (Lipinski definition) is 0. The lowest BCUT2D eigenvalue weighted by atomic mass is 10.1. The third-order valence-corrected chi connectivity index (χ3v) is 2.94. The van der Waals surface area contributed by atoms with Crippen molar-refractivity contribution >= 4 is 5.78 Å². The number of aryl methyl sites for hydroxylation is 2. The van der Waals surface area contributed by atoms with Gasteiger partial charge < -0.3 is 4.74 Å². The van der Waals surface area contributed by atoms with Gasteiger partial charge in [0, 0.05) is 0 Å². The van der Waals surface area contributed by atoms with E-state index in [1.807, 2.05) is 26.0 Å². The second-order valence-corrected chi connectivity index (χ2v) is 4.58. The Morgan fingerprint density at radius 3 is 2.40 bits per heavy atom. The molecule has 4 heteroatoms. The highest BCUT2D eigenvalue weighted by molar-refractivity contribution is 5.97. The van der Waals surface area contributed by atoms with Crippen LogP contribution in [0.3, 0.4) is 0 Å². The van der Waals surface area contributed by atoms with Gasteiger partial charge in [0.1, 0.15) is 17.4 Å². The topological polar surface area (TPSA) is 26.3 Å². The molecule has 0 aromatic heterocycles. The molecule has 0 bridgehead atoms. The molecule has 104 valence electrons. The predicted molar refractivity (Wildman–Crippen MR) is 72.1 cm³/mol. The highest BCUT2D eigenvalue weighted by atomic mass is 19.1. The average Bonchev–Trinajstić information content (AvgIpc) is 2.39. The maximum Gasteiger partial charge on any atom is 0.206 e. The van der Waals surface area contributed by atoms with E-state index < -0.39 is 29.6 Å². The molecular weight excluding hydrogens is 262 g/mol. The zero-order chi connectivity index (χ0) is 14.7. The van der Waals surface area contributed by atoms with Gasteiger partial charge in [0.25, 0.3) is 0 Å². The number of carbonyl (C=O) groups is 1. The fraction of sp³-hybridized carbons (Fsp3) is 0.188. The number of hydrogen-bond acceptors (Lipinski definition) is 2. The smallest absolute Gasteiger partial charge is 0.206 e. The van der Waals surface area contributed by atoms with Crippen LogP contribution in [0.2, 0.25) is 0 Å². The summed E-state index contributed by atoms with van der Waals surface area (Å²) < 4.78 is 32.3. The number of Topliss-reactive ketones (excluding diaryl/α,β-unsaturated/α-hetero) is 1. The fourth-order valence-corrected chi connectivity index (χ4v) is 1.84. The normalized spacial score (nSPS) is 10.4. The summed E-state index contributed by atoms with van der Waals surface area (Å²) in [4.78, 5) is 11.9. The van der Waals surface area contributed by atoms with Crippen molar-refractivity contribution in [2.75, 3.05) is 6.61 Å². The van der Waals surface area contributed by atoms with Gasteiger partial charge >= 0.3 is 0 Å². The van der Waals surface area contributed by atoms with Crippen LogP contribution in [0.25, 0.3) is 0 Å². The van der Waals surface area contributed by atoms with Crippen LogP contribution in [0.5, 0.6) is 5.75 Å². The minimum absolute atomic E-state index is 0.401. The Morgan fingerprint density at radius 2 is 1.75 bits per heavy atom. The van der Waals surface area contributed by atoms with Crippen LogP contribution >= 0.6 is 0 Å². The van der Waals surface area contributed by atoms with E-state index in [4.69, 9.17) is 4.74 Å². The predicted octanol–water partition coefficient (Wildman–Crippen LogP) is 3.84. The standard InChI is InChI=1S/C16H14F2O2/c1-10-6-7-11(2)15(8-10)20-9-14(19)16-12(17)4-3-5-13(16)18/h3-8H,9H2,1-2H3. The van der Waals surface area contributed by atoms with Gasteiger partial charge in [-0.3, -0.25) is 4.79 Å². The van der Waals surface area contributed by atoms with E-state index in [0.717, 1.165) is 23.3 Å². The molecule has 0 atom stereocenters. The van der Waals surface area contributed by atoms with Crippen LogP contribution in [0.1, 0.15) is 21.5 Å². The molecule has 0 heterocycles. The van der Waals surface area contributed by atoms with Gasteiger partial charge in [-0.25, -0.2) is 8.78 Å². The van der Waals surface area contributed by atoms with Gasteiger partial charge in [-0.15, -0.1) is 0 Å². The first-order valence-electron chi connectivity index (χ1n) is 6.16. The first-order valence-corrected chi connectivity index (χ1v) is 6.16. The Balaban J connectivity index is 2.15. The quantitative estimate of drug-likeness (QED) is 0.793. The second kappa shape index (κ2) is 5.82. The SMILES string of the molecule is Cc1ccc(C)c(OCC(=O)c2c(F)cccc2F)c1. The summed E-state index contributed by atoms with van der Waals surface area (Å²) in [6, 6.07) is 8.87. The number of rotatable bonds is 4. The molecule has 0 radical (unpaired) electrons. The van der Waals surface area contributed by atoms with Crippen molar-refractivity contribution in [1.29, 1.82) is 0 Å². The zero-order valence-corrected chi connectivity index (χ0v) is 11.2. The van der Waals surface area contributed by atoms with E-state index in [0.29, 0.717) is 5.75 Å². The van der Waals surface area contributed by atoms with Crippen LogP contribution in [0.4, 0.5) is 8.78 Å². The monoisotopic (exact) mass is 276 g/mol.